The Bertz CT molecular complexity index is 483. The van der Waals surface area contributed by atoms with Gasteiger partial charge < -0.3 is 15.3 Å². The van der Waals surface area contributed by atoms with Gasteiger partial charge in [-0.2, -0.15) is 5.10 Å². The number of hydrogen-bond donors (Lipinski definition) is 2. The van der Waals surface area contributed by atoms with E-state index in [1.54, 1.807) is 6.20 Å². The molecule has 0 saturated carbocycles. The van der Waals surface area contributed by atoms with Crippen molar-refractivity contribution in [2.75, 3.05) is 31.6 Å². The lowest BCUT2D eigenvalue weighted by Crippen LogP contribution is -2.42. The summed E-state index contributed by atoms with van der Waals surface area (Å²) in [4.78, 5) is 14.1. The third-order valence-corrected chi connectivity index (χ3v) is 3.88. The molecule has 6 nitrogen and oxygen atoms in total. The number of nitrogens with one attached hydrogen (secondary N) is 1. The number of aliphatic hydroxyl groups excluding tert-OH is 1. The van der Waals surface area contributed by atoms with Crippen LogP contribution in [-0.2, 0) is 6.54 Å². The summed E-state index contributed by atoms with van der Waals surface area (Å²) >= 11 is 6.13. The molecule has 0 radical (unpaired) electrons. The largest absolute Gasteiger partial charge is 0.394 e. The van der Waals surface area contributed by atoms with Gasteiger partial charge in [0.2, 0.25) is 0 Å². The van der Waals surface area contributed by atoms with Gasteiger partial charge in [0.1, 0.15) is 5.02 Å². The molecule has 1 aromatic rings. The first kappa shape index (κ1) is 14.3. The maximum Gasteiger partial charge on any atom is 0.287 e. The molecule has 1 saturated heterocycles. The second kappa shape index (κ2) is 6.36. The van der Waals surface area contributed by atoms with Crippen molar-refractivity contribution in [2.45, 2.75) is 25.4 Å². The number of nitrogens with zero attached hydrogens (tertiary/aromatic N) is 3. The van der Waals surface area contributed by atoms with E-state index in [1.807, 2.05) is 7.05 Å². The fourth-order valence-electron chi connectivity index (χ4n) is 2.34. The van der Waals surface area contributed by atoms with Crippen LogP contribution in [0.5, 0.6) is 0 Å². The lowest BCUT2D eigenvalue weighted by Gasteiger charge is -2.33. The van der Waals surface area contributed by atoms with E-state index in [9.17, 15) is 4.79 Å². The Labute approximate surface area is 117 Å². The number of piperidine rings is 1. The second-order valence-electron chi connectivity index (χ2n) is 4.65. The van der Waals surface area contributed by atoms with E-state index in [0.29, 0.717) is 11.7 Å². The van der Waals surface area contributed by atoms with Crippen molar-refractivity contribution in [3.8, 4) is 0 Å². The molecule has 1 aliphatic rings. The van der Waals surface area contributed by atoms with Crippen LogP contribution in [0.3, 0.4) is 0 Å². The summed E-state index contributed by atoms with van der Waals surface area (Å²) in [6.07, 6.45) is 3.65. The van der Waals surface area contributed by atoms with Crippen molar-refractivity contribution in [1.29, 1.82) is 0 Å². The molecule has 0 unspecified atom stereocenters. The molecular formula is C12H19ClN4O2. The van der Waals surface area contributed by atoms with E-state index in [0.717, 1.165) is 25.9 Å². The highest BCUT2D eigenvalue weighted by Crippen LogP contribution is 2.24. The molecular weight excluding hydrogens is 268 g/mol. The molecule has 2 heterocycles. The van der Waals surface area contributed by atoms with Crippen molar-refractivity contribution in [3.63, 3.8) is 0 Å². The van der Waals surface area contributed by atoms with Crippen molar-refractivity contribution < 1.29 is 5.11 Å². The molecule has 19 heavy (non-hydrogen) atoms. The Kier molecular flexibility index (Phi) is 4.79. The monoisotopic (exact) mass is 286 g/mol. The van der Waals surface area contributed by atoms with E-state index in [-0.39, 0.29) is 23.7 Å². The summed E-state index contributed by atoms with van der Waals surface area (Å²) < 4.78 is 1.19. The third-order valence-electron chi connectivity index (χ3n) is 3.52. The molecule has 1 aromatic heterocycles. The van der Waals surface area contributed by atoms with E-state index < -0.39 is 0 Å². The van der Waals surface area contributed by atoms with Crippen LogP contribution < -0.4 is 15.8 Å². The minimum atomic E-state index is -0.344. The van der Waals surface area contributed by atoms with Gasteiger partial charge in [0, 0.05) is 19.1 Å². The average molecular weight is 287 g/mol. The van der Waals surface area contributed by atoms with Crippen molar-refractivity contribution in [3.05, 3.63) is 21.6 Å². The first-order valence-electron chi connectivity index (χ1n) is 6.46. The normalized spacial score (nSPS) is 16.9. The zero-order valence-corrected chi connectivity index (χ0v) is 11.7. The van der Waals surface area contributed by atoms with Crippen LogP contribution in [0, 0.1) is 0 Å². The predicted octanol–water partition coefficient (Wildman–Crippen LogP) is 0.0772. The fourth-order valence-corrected chi connectivity index (χ4v) is 2.61. The van der Waals surface area contributed by atoms with E-state index >= 15 is 0 Å². The molecule has 1 fully saturated rings. The molecule has 1 aliphatic heterocycles. The van der Waals surface area contributed by atoms with Gasteiger partial charge in [0.05, 0.1) is 25.0 Å². The molecule has 106 valence electrons. The number of hydrogen-bond acceptors (Lipinski definition) is 5. The highest BCUT2D eigenvalue weighted by atomic mass is 35.5. The van der Waals surface area contributed by atoms with Crippen LogP contribution in [0.2, 0.25) is 5.02 Å². The minimum absolute atomic E-state index is 0.129. The molecule has 0 aliphatic carbocycles. The molecule has 2 N–H and O–H groups in total. The predicted molar refractivity (Wildman–Crippen MR) is 74.9 cm³/mol. The standard InChI is InChI=1S/C12H19ClN4O2/c1-14-9-2-4-16(5-3-9)10-8-15-17(6-7-18)12(19)11(10)13/h8-9,14,18H,2-7H2,1H3. The number of aliphatic hydroxyl groups is 1. The quantitative estimate of drug-likeness (QED) is 0.820. The van der Waals surface area contributed by atoms with Gasteiger partial charge in [0.15, 0.2) is 0 Å². The van der Waals surface area contributed by atoms with Crippen molar-refractivity contribution >= 4 is 17.3 Å². The summed E-state index contributed by atoms with van der Waals surface area (Å²) in [5.74, 6) is 0. The Hall–Kier alpha value is -1.11. The molecule has 0 amide bonds. The van der Waals surface area contributed by atoms with Crippen LogP contribution in [-0.4, -0.2) is 47.7 Å². The highest BCUT2D eigenvalue weighted by molar-refractivity contribution is 6.33. The SMILES string of the molecule is CNC1CCN(c2cnn(CCO)c(=O)c2Cl)CC1. The summed E-state index contributed by atoms with van der Waals surface area (Å²) in [7, 11) is 1.96. The lowest BCUT2D eigenvalue weighted by atomic mass is 10.1. The van der Waals surface area contributed by atoms with Crippen LogP contribution in [0.4, 0.5) is 5.69 Å². The van der Waals surface area contributed by atoms with Gasteiger partial charge in [-0.25, -0.2) is 4.68 Å². The van der Waals surface area contributed by atoms with Crippen LogP contribution in [0.1, 0.15) is 12.8 Å². The maximum absolute atomic E-state index is 12.0. The Morgan fingerprint density at radius 2 is 2.21 bits per heavy atom. The van der Waals surface area contributed by atoms with Gasteiger partial charge in [0.25, 0.3) is 5.56 Å². The lowest BCUT2D eigenvalue weighted by molar-refractivity contribution is 0.266. The van der Waals surface area contributed by atoms with Gasteiger partial charge in [-0.3, -0.25) is 4.79 Å². The van der Waals surface area contributed by atoms with Gasteiger partial charge in [-0.15, -0.1) is 0 Å². The van der Waals surface area contributed by atoms with E-state index in [1.165, 1.54) is 4.68 Å². The van der Waals surface area contributed by atoms with Gasteiger partial charge >= 0.3 is 0 Å². The molecule has 0 atom stereocenters. The fraction of sp³-hybridized carbons (Fsp3) is 0.667. The Balaban J connectivity index is 2.18. The Morgan fingerprint density at radius 1 is 1.53 bits per heavy atom. The molecule has 2 rings (SSSR count). The summed E-state index contributed by atoms with van der Waals surface area (Å²) in [5, 5.41) is 16.3. The summed E-state index contributed by atoms with van der Waals surface area (Å²) in [6, 6.07) is 0.526. The minimum Gasteiger partial charge on any atom is -0.394 e. The Morgan fingerprint density at radius 3 is 2.79 bits per heavy atom. The number of halogens is 1. The zero-order valence-electron chi connectivity index (χ0n) is 11.0. The average Bonchev–Trinajstić information content (AvgIpc) is 2.45. The smallest absolute Gasteiger partial charge is 0.287 e. The number of anilines is 1. The third kappa shape index (κ3) is 3.08. The number of rotatable bonds is 4. The summed E-state index contributed by atoms with van der Waals surface area (Å²) in [6.45, 7) is 1.75. The molecule has 7 heteroatoms. The summed E-state index contributed by atoms with van der Waals surface area (Å²) in [5.41, 5.74) is 0.347. The topological polar surface area (TPSA) is 70.4 Å². The first-order valence-corrected chi connectivity index (χ1v) is 6.84. The number of aromatic nitrogens is 2. The van der Waals surface area contributed by atoms with Gasteiger partial charge in [-0.1, -0.05) is 11.6 Å². The van der Waals surface area contributed by atoms with Crippen LogP contribution in [0.25, 0.3) is 0 Å². The first-order chi connectivity index (χ1) is 9.17. The van der Waals surface area contributed by atoms with E-state index in [4.69, 9.17) is 16.7 Å². The highest BCUT2D eigenvalue weighted by Gasteiger charge is 2.21. The van der Waals surface area contributed by atoms with Crippen molar-refractivity contribution in [2.24, 2.45) is 0 Å². The van der Waals surface area contributed by atoms with Gasteiger partial charge in [-0.05, 0) is 19.9 Å². The van der Waals surface area contributed by atoms with Crippen LogP contribution >= 0.6 is 11.6 Å². The molecule has 0 spiro atoms. The molecule has 0 bridgehead atoms. The maximum atomic E-state index is 12.0. The van der Waals surface area contributed by atoms with Crippen LogP contribution in [0.15, 0.2) is 11.0 Å². The van der Waals surface area contributed by atoms with Crippen molar-refractivity contribution in [1.82, 2.24) is 15.1 Å². The second-order valence-corrected chi connectivity index (χ2v) is 5.02. The van der Waals surface area contributed by atoms with E-state index in [2.05, 4.69) is 15.3 Å². The zero-order chi connectivity index (χ0) is 13.8. The molecule has 0 aromatic carbocycles.